The van der Waals surface area contributed by atoms with Crippen LogP contribution in [0.15, 0.2) is 0 Å². The van der Waals surface area contributed by atoms with Crippen molar-refractivity contribution in [1.29, 1.82) is 0 Å². The molecule has 274 valence electrons. The van der Waals surface area contributed by atoms with E-state index in [4.69, 9.17) is 9.47 Å². The van der Waals surface area contributed by atoms with E-state index in [1.807, 2.05) is 7.05 Å². The summed E-state index contributed by atoms with van der Waals surface area (Å²) in [7, 11) is 4.28. The Morgan fingerprint density at radius 3 is 1.33 bits per heavy atom. The van der Waals surface area contributed by atoms with E-state index in [1.54, 1.807) is 0 Å². The SMILES string of the molecule is CCCCCCCCCOC(=O)CCCCCCCC(CCCCCCCC(=O)OCCCCCCCCC)CN(C)CCNC. The smallest absolute Gasteiger partial charge is 0.305 e. The zero-order valence-corrected chi connectivity index (χ0v) is 31.5. The molecule has 0 radical (unpaired) electrons. The van der Waals surface area contributed by atoms with Crippen molar-refractivity contribution in [3.63, 3.8) is 0 Å². The lowest BCUT2D eigenvalue weighted by Gasteiger charge is -2.24. The maximum absolute atomic E-state index is 12.0. The second-order valence-electron chi connectivity index (χ2n) is 14.0. The van der Waals surface area contributed by atoms with Crippen LogP contribution >= 0.6 is 0 Å². The summed E-state index contributed by atoms with van der Waals surface area (Å²) in [5.74, 6) is 0.744. The number of esters is 2. The van der Waals surface area contributed by atoms with Gasteiger partial charge in [0.1, 0.15) is 0 Å². The quantitative estimate of drug-likeness (QED) is 0.0532. The van der Waals surface area contributed by atoms with Crippen LogP contribution in [-0.2, 0) is 19.1 Å². The van der Waals surface area contributed by atoms with Crippen LogP contribution in [0.25, 0.3) is 0 Å². The van der Waals surface area contributed by atoms with Crippen LogP contribution in [0.3, 0.4) is 0 Å². The molecule has 0 aromatic rings. The lowest BCUT2D eigenvalue weighted by Crippen LogP contribution is -2.31. The molecule has 6 heteroatoms. The van der Waals surface area contributed by atoms with Crippen molar-refractivity contribution in [1.82, 2.24) is 10.2 Å². The normalized spacial score (nSPS) is 11.5. The third-order valence-electron chi connectivity index (χ3n) is 9.32. The Morgan fingerprint density at radius 1 is 0.543 bits per heavy atom. The molecule has 46 heavy (non-hydrogen) atoms. The molecule has 0 aromatic carbocycles. The molecular formula is C40H80N2O4. The minimum absolute atomic E-state index is 0.00520. The van der Waals surface area contributed by atoms with E-state index in [9.17, 15) is 9.59 Å². The third kappa shape index (κ3) is 34.2. The van der Waals surface area contributed by atoms with Crippen LogP contribution in [0.4, 0.5) is 0 Å². The summed E-state index contributed by atoms with van der Waals surface area (Å²) >= 11 is 0. The fourth-order valence-corrected chi connectivity index (χ4v) is 6.26. The first-order valence-corrected chi connectivity index (χ1v) is 20.2. The molecular weight excluding hydrogens is 572 g/mol. The van der Waals surface area contributed by atoms with E-state index in [-0.39, 0.29) is 11.9 Å². The van der Waals surface area contributed by atoms with Crippen molar-refractivity contribution in [2.75, 3.05) is 46.9 Å². The summed E-state index contributed by atoms with van der Waals surface area (Å²) < 4.78 is 10.9. The molecule has 0 aromatic heterocycles. The molecule has 0 aliphatic carbocycles. The molecule has 6 nitrogen and oxygen atoms in total. The van der Waals surface area contributed by atoms with E-state index in [1.165, 1.54) is 135 Å². The van der Waals surface area contributed by atoms with Gasteiger partial charge < -0.3 is 19.7 Å². The number of nitrogens with one attached hydrogen (secondary N) is 1. The maximum atomic E-state index is 12.0. The van der Waals surface area contributed by atoms with E-state index in [0.29, 0.717) is 26.1 Å². The number of rotatable bonds is 37. The van der Waals surface area contributed by atoms with Gasteiger partial charge in [-0.15, -0.1) is 0 Å². The second kappa shape index (κ2) is 36.7. The second-order valence-corrected chi connectivity index (χ2v) is 14.0. The lowest BCUT2D eigenvalue weighted by molar-refractivity contribution is -0.144. The number of hydrogen-bond donors (Lipinski definition) is 1. The van der Waals surface area contributed by atoms with E-state index >= 15 is 0 Å². The first-order chi connectivity index (χ1) is 22.5. The Balaban J connectivity index is 3.90. The summed E-state index contributed by atoms with van der Waals surface area (Å²) in [5.41, 5.74) is 0. The van der Waals surface area contributed by atoms with Crippen molar-refractivity contribution in [2.45, 2.75) is 194 Å². The predicted octanol–water partition coefficient (Wildman–Crippen LogP) is 10.8. The van der Waals surface area contributed by atoms with Gasteiger partial charge in [-0.3, -0.25) is 9.59 Å². The lowest BCUT2D eigenvalue weighted by atomic mass is 9.93. The Hall–Kier alpha value is -1.14. The summed E-state index contributed by atoms with van der Waals surface area (Å²) in [4.78, 5) is 26.5. The molecule has 0 fully saturated rings. The molecule has 0 unspecified atom stereocenters. The fourth-order valence-electron chi connectivity index (χ4n) is 6.26. The van der Waals surface area contributed by atoms with Crippen molar-refractivity contribution >= 4 is 11.9 Å². The van der Waals surface area contributed by atoms with Gasteiger partial charge >= 0.3 is 11.9 Å². The number of carbonyl (C=O) groups is 2. The maximum Gasteiger partial charge on any atom is 0.305 e. The third-order valence-corrected chi connectivity index (χ3v) is 9.32. The summed E-state index contributed by atoms with van der Waals surface area (Å²) in [5, 5.41) is 3.27. The zero-order chi connectivity index (χ0) is 33.8. The summed E-state index contributed by atoms with van der Waals surface area (Å²) in [6.45, 7) is 9.00. The van der Waals surface area contributed by atoms with E-state index in [0.717, 1.165) is 57.5 Å². The van der Waals surface area contributed by atoms with Gasteiger partial charge in [0.05, 0.1) is 13.2 Å². The van der Waals surface area contributed by atoms with Crippen molar-refractivity contribution in [3.8, 4) is 0 Å². The Kier molecular flexibility index (Phi) is 35.8. The molecule has 0 saturated carbocycles. The number of likely N-dealkylation sites (N-methyl/N-ethyl adjacent to an activating group) is 2. The summed E-state index contributed by atoms with van der Waals surface area (Å²) in [6, 6.07) is 0. The minimum atomic E-state index is -0.00520. The zero-order valence-electron chi connectivity index (χ0n) is 31.5. The molecule has 0 aliphatic rings. The molecule has 0 aliphatic heterocycles. The number of unbranched alkanes of at least 4 members (excludes halogenated alkanes) is 20. The van der Waals surface area contributed by atoms with Crippen LogP contribution in [-0.4, -0.2) is 63.8 Å². The molecule has 0 atom stereocenters. The highest BCUT2D eigenvalue weighted by Crippen LogP contribution is 2.20. The van der Waals surface area contributed by atoms with Crippen LogP contribution in [0, 0.1) is 5.92 Å². The topological polar surface area (TPSA) is 67.9 Å². The van der Waals surface area contributed by atoms with Gasteiger partial charge in [0.2, 0.25) is 0 Å². The predicted molar refractivity (Wildman–Crippen MR) is 197 cm³/mol. The standard InChI is InChI=1S/C40H80N2O4/c1-5-7-9-11-13-21-27-35-45-39(43)31-25-19-15-17-23-29-38(37-42(4)34-33-41-3)30-24-18-16-20-26-32-40(44)46-36-28-22-14-12-10-8-6-2/h38,41H,5-37H2,1-4H3. The monoisotopic (exact) mass is 653 g/mol. The number of hydrogen-bond acceptors (Lipinski definition) is 6. The average molecular weight is 653 g/mol. The van der Waals surface area contributed by atoms with Crippen LogP contribution < -0.4 is 5.32 Å². The van der Waals surface area contributed by atoms with Crippen molar-refractivity contribution in [2.24, 2.45) is 5.92 Å². The van der Waals surface area contributed by atoms with E-state index < -0.39 is 0 Å². The van der Waals surface area contributed by atoms with Crippen LogP contribution in [0.5, 0.6) is 0 Å². The molecule has 0 saturated heterocycles. The molecule has 1 N–H and O–H groups in total. The van der Waals surface area contributed by atoms with Gasteiger partial charge in [-0.2, -0.15) is 0 Å². The number of nitrogens with zero attached hydrogens (tertiary/aromatic N) is 1. The van der Waals surface area contributed by atoms with Crippen LogP contribution in [0.2, 0.25) is 0 Å². The number of ether oxygens (including phenoxy) is 2. The van der Waals surface area contributed by atoms with Crippen LogP contribution in [0.1, 0.15) is 194 Å². The highest BCUT2D eigenvalue weighted by molar-refractivity contribution is 5.69. The van der Waals surface area contributed by atoms with E-state index in [2.05, 4.69) is 31.1 Å². The molecule has 0 amide bonds. The minimum Gasteiger partial charge on any atom is -0.466 e. The Bertz CT molecular complexity index is 599. The van der Waals surface area contributed by atoms with Gasteiger partial charge in [-0.25, -0.2) is 0 Å². The van der Waals surface area contributed by atoms with Gasteiger partial charge in [0.15, 0.2) is 0 Å². The highest BCUT2D eigenvalue weighted by atomic mass is 16.5. The van der Waals surface area contributed by atoms with Crippen molar-refractivity contribution < 1.29 is 19.1 Å². The summed E-state index contributed by atoms with van der Waals surface area (Å²) in [6.07, 6.45) is 33.0. The number of carbonyl (C=O) groups excluding carboxylic acids is 2. The molecule has 0 heterocycles. The molecule has 0 spiro atoms. The molecule has 0 bridgehead atoms. The first kappa shape index (κ1) is 44.9. The Morgan fingerprint density at radius 2 is 0.913 bits per heavy atom. The fraction of sp³-hybridized carbons (Fsp3) is 0.950. The van der Waals surface area contributed by atoms with Gasteiger partial charge in [0, 0.05) is 32.5 Å². The average Bonchev–Trinajstić information content (AvgIpc) is 3.05. The Labute approximate surface area is 287 Å². The largest absolute Gasteiger partial charge is 0.466 e. The van der Waals surface area contributed by atoms with Crippen molar-refractivity contribution in [3.05, 3.63) is 0 Å². The van der Waals surface area contributed by atoms with Gasteiger partial charge in [0.25, 0.3) is 0 Å². The highest BCUT2D eigenvalue weighted by Gasteiger charge is 2.12. The van der Waals surface area contributed by atoms with Gasteiger partial charge in [-0.1, -0.05) is 142 Å². The van der Waals surface area contributed by atoms with Gasteiger partial charge in [-0.05, 0) is 58.5 Å². The molecule has 0 rings (SSSR count). The first-order valence-electron chi connectivity index (χ1n) is 20.2.